The van der Waals surface area contributed by atoms with Gasteiger partial charge in [0.1, 0.15) is 6.42 Å². The molecule has 0 aliphatic carbocycles. The fourth-order valence-electron chi connectivity index (χ4n) is 2.25. The van der Waals surface area contributed by atoms with Crippen LogP contribution in [0, 0.1) is 3.57 Å². The second kappa shape index (κ2) is 11.3. The summed E-state index contributed by atoms with van der Waals surface area (Å²) >= 11 is 2.16. The Morgan fingerprint density at radius 2 is 1.93 bits per heavy atom. The van der Waals surface area contributed by atoms with E-state index in [0.29, 0.717) is 23.8 Å². The van der Waals surface area contributed by atoms with E-state index in [2.05, 4.69) is 38.4 Å². The summed E-state index contributed by atoms with van der Waals surface area (Å²) in [6.07, 6.45) is 2.06. The molecule has 0 bridgehead atoms. The Morgan fingerprint density at radius 3 is 2.61 bits per heavy atom. The van der Waals surface area contributed by atoms with Crippen LogP contribution in [0.1, 0.15) is 25.3 Å². The SMILES string of the molecule is CCCOc1c(I)cc(C=NNC(=O)CC(=O)Nc2ccccc2)cc1OC. The van der Waals surface area contributed by atoms with Gasteiger partial charge in [-0.3, -0.25) is 9.59 Å². The average molecular weight is 495 g/mol. The number of nitrogens with zero attached hydrogens (tertiary/aromatic N) is 1. The molecule has 8 heteroatoms. The lowest BCUT2D eigenvalue weighted by Gasteiger charge is -2.12. The lowest BCUT2D eigenvalue weighted by Crippen LogP contribution is -2.24. The van der Waals surface area contributed by atoms with Gasteiger partial charge >= 0.3 is 0 Å². The Kier molecular flexibility index (Phi) is 8.73. The Balaban J connectivity index is 1.91. The number of amides is 2. The van der Waals surface area contributed by atoms with Crippen molar-refractivity contribution in [1.29, 1.82) is 0 Å². The lowest BCUT2D eigenvalue weighted by molar-refractivity contribution is -0.126. The smallest absolute Gasteiger partial charge is 0.249 e. The zero-order chi connectivity index (χ0) is 20.4. The van der Waals surface area contributed by atoms with Crippen LogP contribution in [-0.4, -0.2) is 31.7 Å². The van der Waals surface area contributed by atoms with Crippen LogP contribution in [0.4, 0.5) is 5.69 Å². The van der Waals surface area contributed by atoms with E-state index in [1.165, 1.54) is 6.21 Å². The van der Waals surface area contributed by atoms with Gasteiger partial charge in [0.15, 0.2) is 11.5 Å². The highest BCUT2D eigenvalue weighted by Crippen LogP contribution is 2.33. The maximum absolute atomic E-state index is 11.9. The first-order valence-corrected chi connectivity index (χ1v) is 9.78. The molecule has 2 aromatic rings. The molecule has 0 aromatic heterocycles. The molecule has 2 N–H and O–H groups in total. The van der Waals surface area contributed by atoms with Gasteiger partial charge in [0.05, 0.1) is 23.5 Å². The average Bonchev–Trinajstić information content (AvgIpc) is 2.67. The number of hydrazone groups is 1. The molecule has 2 aromatic carbocycles. The van der Waals surface area contributed by atoms with E-state index >= 15 is 0 Å². The number of anilines is 1. The van der Waals surface area contributed by atoms with E-state index in [1.54, 1.807) is 37.4 Å². The molecule has 0 spiro atoms. The topological polar surface area (TPSA) is 89.0 Å². The first kappa shape index (κ1) is 21.7. The zero-order valence-electron chi connectivity index (χ0n) is 15.7. The maximum Gasteiger partial charge on any atom is 0.249 e. The predicted molar refractivity (Wildman–Crippen MR) is 117 cm³/mol. The van der Waals surface area contributed by atoms with Crippen LogP contribution < -0.4 is 20.2 Å². The summed E-state index contributed by atoms with van der Waals surface area (Å²) in [5.41, 5.74) is 3.72. The van der Waals surface area contributed by atoms with E-state index in [-0.39, 0.29) is 6.42 Å². The normalized spacial score (nSPS) is 10.5. The number of carbonyl (C=O) groups is 2. The van der Waals surface area contributed by atoms with Crippen LogP contribution in [0.2, 0.25) is 0 Å². The van der Waals surface area contributed by atoms with Crippen molar-refractivity contribution in [2.24, 2.45) is 5.10 Å². The summed E-state index contributed by atoms with van der Waals surface area (Å²) in [6, 6.07) is 12.6. The van der Waals surface area contributed by atoms with E-state index in [4.69, 9.17) is 9.47 Å². The third-order valence-corrected chi connectivity index (χ3v) is 4.29. The number of nitrogens with one attached hydrogen (secondary N) is 2. The lowest BCUT2D eigenvalue weighted by atomic mass is 10.2. The van der Waals surface area contributed by atoms with Gasteiger partial charge in [-0.25, -0.2) is 5.43 Å². The Morgan fingerprint density at radius 1 is 1.18 bits per heavy atom. The number of ether oxygens (including phenoxy) is 2. The van der Waals surface area contributed by atoms with Crippen molar-refractivity contribution in [2.75, 3.05) is 19.0 Å². The Hall–Kier alpha value is -2.62. The van der Waals surface area contributed by atoms with Crippen molar-refractivity contribution in [1.82, 2.24) is 5.43 Å². The molecule has 0 radical (unpaired) electrons. The highest BCUT2D eigenvalue weighted by molar-refractivity contribution is 14.1. The van der Waals surface area contributed by atoms with Crippen molar-refractivity contribution in [3.05, 3.63) is 51.6 Å². The fourth-order valence-corrected chi connectivity index (χ4v) is 3.03. The number of hydrogen-bond acceptors (Lipinski definition) is 5. The molecule has 2 amide bonds. The van der Waals surface area contributed by atoms with E-state index < -0.39 is 11.8 Å². The summed E-state index contributed by atoms with van der Waals surface area (Å²) in [6.45, 7) is 2.63. The third kappa shape index (κ3) is 6.84. The first-order chi connectivity index (χ1) is 13.5. The zero-order valence-corrected chi connectivity index (χ0v) is 17.9. The summed E-state index contributed by atoms with van der Waals surface area (Å²) in [4.78, 5) is 23.7. The molecular formula is C20H22IN3O4. The van der Waals surface area contributed by atoms with Crippen LogP contribution in [0.25, 0.3) is 0 Å². The van der Waals surface area contributed by atoms with Crippen LogP contribution in [0.15, 0.2) is 47.6 Å². The summed E-state index contributed by atoms with van der Waals surface area (Å²) < 4.78 is 12.0. The Labute approximate surface area is 177 Å². The minimum Gasteiger partial charge on any atom is -0.493 e. The van der Waals surface area contributed by atoms with Crippen LogP contribution >= 0.6 is 22.6 Å². The van der Waals surface area contributed by atoms with Crippen LogP contribution in [-0.2, 0) is 9.59 Å². The number of rotatable bonds is 9. The largest absolute Gasteiger partial charge is 0.493 e. The van der Waals surface area contributed by atoms with E-state index in [1.807, 2.05) is 19.1 Å². The number of para-hydroxylation sites is 1. The number of benzene rings is 2. The second-order valence-corrected chi connectivity index (χ2v) is 6.93. The van der Waals surface area contributed by atoms with Crippen LogP contribution in [0.3, 0.4) is 0 Å². The van der Waals surface area contributed by atoms with Crippen molar-refractivity contribution in [3.63, 3.8) is 0 Å². The molecule has 2 rings (SSSR count). The molecule has 7 nitrogen and oxygen atoms in total. The monoisotopic (exact) mass is 495 g/mol. The van der Waals surface area contributed by atoms with Crippen molar-refractivity contribution in [2.45, 2.75) is 19.8 Å². The maximum atomic E-state index is 11.9. The van der Waals surface area contributed by atoms with Gasteiger partial charge in [0, 0.05) is 5.69 Å². The van der Waals surface area contributed by atoms with Crippen LogP contribution in [0.5, 0.6) is 11.5 Å². The molecule has 0 unspecified atom stereocenters. The summed E-state index contributed by atoms with van der Waals surface area (Å²) in [5, 5.41) is 6.55. The summed E-state index contributed by atoms with van der Waals surface area (Å²) in [7, 11) is 1.57. The fraction of sp³-hybridized carbons (Fsp3) is 0.250. The standard InChI is InChI=1S/C20H22IN3O4/c1-3-9-28-20-16(21)10-14(11-17(20)27-2)13-22-24-19(26)12-18(25)23-15-7-5-4-6-8-15/h4-8,10-11,13H,3,9,12H2,1-2H3,(H,23,25)(H,24,26). The van der Waals surface area contributed by atoms with Gasteiger partial charge < -0.3 is 14.8 Å². The molecule has 28 heavy (non-hydrogen) atoms. The highest BCUT2D eigenvalue weighted by atomic mass is 127. The Bertz CT molecular complexity index is 841. The minimum atomic E-state index is -0.505. The van der Waals surface area contributed by atoms with Gasteiger partial charge in [-0.2, -0.15) is 5.10 Å². The molecule has 0 saturated heterocycles. The van der Waals surface area contributed by atoms with Crippen molar-refractivity contribution >= 4 is 46.3 Å². The second-order valence-electron chi connectivity index (χ2n) is 5.77. The van der Waals surface area contributed by atoms with E-state index in [9.17, 15) is 9.59 Å². The summed E-state index contributed by atoms with van der Waals surface area (Å²) in [5.74, 6) is 0.362. The molecule has 148 valence electrons. The number of hydrogen-bond donors (Lipinski definition) is 2. The van der Waals surface area contributed by atoms with E-state index in [0.717, 1.165) is 15.6 Å². The number of methoxy groups -OCH3 is 1. The molecular weight excluding hydrogens is 473 g/mol. The molecule has 0 fully saturated rings. The van der Waals surface area contributed by atoms with Crippen molar-refractivity contribution in [3.8, 4) is 11.5 Å². The molecule has 0 saturated carbocycles. The van der Waals surface area contributed by atoms with Crippen molar-refractivity contribution < 1.29 is 19.1 Å². The van der Waals surface area contributed by atoms with Gasteiger partial charge in [0.2, 0.25) is 11.8 Å². The molecule has 0 atom stereocenters. The molecule has 0 aliphatic rings. The van der Waals surface area contributed by atoms with Gasteiger partial charge in [0.25, 0.3) is 0 Å². The quantitative estimate of drug-likeness (QED) is 0.241. The van der Waals surface area contributed by atoms with Gasteiger partial charge in [-0.15, -0.1) is 0 Å². The first-order valence-electron chi connectivity index (χ1n) is 8.70. The highest BCUT2D eigenvalue weighted by Gasteiger charge is 2.11. The third-order valence-electron chi connectivity index (χ3n) is 3.48. The van der Waals surface area contributed by atoms with Gasteiger partial charge in [-0.1, -0.05) is 25.1 Å². The molecule has 0 aliphatic heterocycles. The minimum absolute atomic E-state index is 0.323. The predicted octanol–water partition coefficient (Wildman–Crippen LogP) is 3.57. The molecule has 0 heterocycles. The number of carbonyl (C=O) groups excluding carboxylic acids is 2. The van der Waals surface area contributed by atoms with Gasteiger partial charge in [-0.05, 0) is 58.8 Å². The number of halogens is 1.